The highest BCUT2D eigenvalue weighted by Crippen LogP contribution is 2.16. The normalized spacial score (nSPS) is 10.9. The molecule has 0 fully saturated rings. The number of hydrogen-bond acceptors (Lipinski definition) is 1. The molecule has 1 rings (SSSR count). The number of aryl methyl sites for hydroxylation is 3. The number of hydrogen-bond donors (Lipinski definition) is 1. The van der Waals surface area contributed by atoms with Gasteiger partial charge in [0, 0.05) is 0 Å². The zero-order valence-corrected chi connectivity index (χ0v) is 12.0. The van der Waals surface area contributed by atoms with Crippen LogP contribution in [0.1, 0.15) is 49.3 Å². The van der Waals surface area contributed by atoms with E-state index in [4.69, 9.17) is 0 Å². The minimum Gasteiger partial charge on any atom is -0.317 e. The van der Waals surface area contributed by atoms with Crippen LogP contribution >= 0.6 is 0 Å². The number of halogens is 1. The third kappa shape index (κ3) is 5.18. The lowest BCUT2D eigenvalue weighted by molar-refractivity contribution is 0.594. The monoisotopic (exact) mass is 251 g/mol. The lowest BCUT2D eigenvalue weighted by Gasteiger charge is -2.07. The van der Waals surface area contributed by atoms with Gasteiger partial charge in [-0.1, -0.05) is 31.9 Å². The maximum atomic E-state index is 13.5. The van der Waals surface area contributed by atoms with Crippen molar-refractivity contribution >= 4 is 0 Å². The van der Waals surface area contributed by atoms with Crippen molar-refractivity contribution in [2.24, 2.45) is 0 Å². The molecule has 0 bridgehead atoms. The van der Waals surface area contributed by atoms with Crippen LogP contribution in [0.4, 0.5) is 4.39 Å². The van der Waals surface area contributed by atoms with Gasteiger partial charge >= 0.3 is 0 Å². The van der Waals surface area contributed by atoms with Crippen molar-refractivity contribution in [3.05, 3.63) is 34.6 Å². The van der Waals surface area contributed by atoms with Gasteiger partial charge in [0.05, 0.1) is 0 Å². The molecule has 1 aromatic rings. The molecule has 1 N–H and O–H groups in total. The van der Waals surface area contributed by atoms with Crippen LogP contribution in [0.25, 0.3) is 0 Å². The Hall–Kier alpha value is -0.890. The molecule has 1 nitrogen and oxygen atoms in total. The Morgan fingerprint density at radius 1 is 1.00 bits per heavy atom. The summed E-state index contributed by atoms with van der Waals surface area (Å²) in [5, 5.41) is 3.34. The van der Waals surface area contributed by atoms with Gasteiger partial charge in [-0.2, -0.15) is 0 Å². The molecular formula is C16H26FN. The smallest absolute Gasteiger partial charge is 0.129 e. The van der Waals surface area contributed by atoms with Crippen LogP contribution in [-0.2, 0) is 6.42 Å². The van der Waals surface area contributed by atoms with Gasteiger partial charge in [-0.15, -0.1) is 0 Å². The van der Waals surface area contributed by atoms with Crippen LogP contribution in [0.2, 0.25) is 0 Å². The van der Waals surface area contributed by atoms with E-state index >= 15 is 0 Å². The van der Waals surface area contributed by atoms with Gasteiger partial charge in [0.2, 0.25) is 0 Å². The molecule has 0 aliphatic carbocycles. The molecule has 1 aromatic carbocycles. The molecule has 0 aromatic heterocycles. The van der Waals surface area contributed by atoms with Crippen molar-refractivity contribution in [3.8, 4) is 0 Å². The van der Waals surface area contributed by atoms with Gasteiger partial charge < -0.3 is 5.32 Å². The summed E-state index contributed by atoms with van der Waals surface area (Å²) in [6.07, 6.45) is 6.09. The molecule has 0 aliphatic rings. The summed E-state index contributed by atoms with van der Waals surface area (Å²) in [5.41, 5.74) is 2.83. The molecule has 0 saturated carbocycles. The maximum absolute atomic E-state index is 13.5. The predicted octanol–water partition coefficient (Wildman–Crippen LogP) is 4.15. The van der Waals surface area contributed by atoms with E-state index in [0.717, 1.165) is 30.6 Å². The molecule has 2 heteroatoms. The summed E-state index contributed by atoms with van der Waals surface area (Å²) in [6.45, 7) is 8.03. The Morgan fingerprint density at radius 2 is 1.61 bits per heavy atom. The first-order chi connectivity index (χ1) is 8.65. The average Bonchev–Trinajstić information content (AvgIpc) is 2.34. The summed E-state index contributed by atoms with van der Waals surface area (Å²) >= 11 is 0. The van der Waals surface area contributed by atoms with Crippen molar-refractivity contribution in [2.75, 3.05) is 13.1 Å². The molecule has 102 valence electrons. The topological polar surface area (TPSA) is 12.0 Å². The standard InChI is InChI=1S/C16H26FN/c1-4-18-10-8-6-5-7-9-15-11-13(2)16(17)14(3)12-15/h11-12,18H,4-10H2,1-3H3. The van der Waals surface area contributed by atoms with Gasteiger partial charge in [0.1, 0.15) is 5.82 Å². The molecule has 0 unspecified atom stereocenters. The Balaban J connectivity index is 2.23. The van der Waals surface area contributed by atoms with Crippen LogP contribution in [-0.4, -0.2) is 13.1 Å². The highest BCUT2D eigenvalue weighted by Gasteiger charge is 2.03. The van der Waals surface area contributed by atoms with Crippen molar-refractivity contribution in [1.29, 1.82) is 0 Å². The maximum Gasteiger partial charge on any atom is 0.129 e. The Kier molecular flexibility index (Phi) is 6.96. The van der Waals surface area contributed by atoms with Crippen LogP contribution in [0.3, 0.4) is 0 Å². The lowest BCUT2D eigenvalue weighted by Crippen LogP contribution is -2.13. The van der Waals surface area contributed by atoms with Crippen molar-refractivity contribution in [2.45, 2.75) is 52.9 Å². The largest absolute Gasteiger partial charge is 0.317 e. The van der Waals surface area contributed by atoms with Crippen LogP contribution in [0, 0.1) is 19.7 Å². The van der Waals surface area contributed by atoms with Gasteiger partial charge in [0.15, 0.2) is 0 Å². The van der Waals surface area contributed by atoms with Gasteiger partial charge in [0.25, 0.3) is 0 Å². The molecule has 0 spiro atoms. The minimum atomic E-state index is -0.0515. The van der Waals surface area contributed by atoms with Crippen LogP contribution < -0.4 is 5.32 Å². The average molecular weight is 251 g/mol. The second-order valence-electron chi connectivity index (χ2n) is 5.06. The van der Waals surface area contributed by atoms with Gasteiger partial charge in [-0.05, 0) is 62.9 Å². The Bertz CT molecular complexity index is 337. The molecule has 0 atom stereocenters. The van der Waals surface area contributed by atoms with Crippen LogP contribution in [0.15, 0.2) is 12.1 Å². The first-order valence-corrected chi connectivity index (χ1v) is 7.11. The van der Waals surface area contributed by atoms with E-state index in [2.05, 4.69) is 12.2 Å². The van der Waals surface area contributed by atoms with E-state index in [1.807, 2.05) is 26.0 Å². The third-order valence-corrected chi connectivity index (χ3v) is 3.32. The van der Waals surface area contributed by atoms with Crippen molar-refractivity contribution < 1.29 is 4.39 Å². The Morgan fingerprint density at radius 3 is 2.22 bits per heavy atom. The minimum absolute atomic E-state index is 0.0515. The number of unbranched alkanes of at least 4 members (excludes halogenated alkanes) is 3. The van der Waals surface area contributed by atoms with E-state index in [9.17, 15) is 4.39 Å². The van der Waals surface area contributed by atoms with E-state index in [1.165, 1.54) is 31.2 Å². The second kappa shape index (κ2) is 8.25. The SMILES string of the molecule is CCNCCCCCCc1cc(C)c(F)c(C)c1. The summed E-state index contributed by atoms with van der Waals surface area (Å²) in [4.78, 5) is 0. The summed E-state index contributed by atoms with van der Waals surface area (Å²) in [5.74, 6) is -0.0515. The fourth-order valence-corrected chi connectivity index (χ4v) is 2.29. The molecular weight excluding hydrogens is 225 g/mol. The second-order valence-corrected chi connectivity index (χ2v) is 5.06. The molecule has 18 heavy (non-hydrogen) atoms. The molecule has 0 heterocycles. The third-order valence-electron chi connectivity index (χ3n) is 3.32. The first kappa shape index (κ1) is 15.2. The molecule has 0 radical (unpaired) electrons. The van der Waals surface area contributed by atoms with E-state index < -0.39 is 0 Å². The van der Waals surface area contributed by atoms with Gasteiger partial charge in [-0.25, -0.2) is 4.39 Å². The summed E-state index contributed by atoms with van der Waals surface area (Å²) in [6, 6.07) is 3.97. The van der Waals surface area contributed by atoms with Crippen LogP contribution in [0.5, 0.6) is 0 Å². The van der Waals surface area contributed by atoms with Gasteiger partial charge in [-0.3, -0.25) is 0 Å². The van der Waals surface area contributed by atoms with Crippen molar-refractivity contribution in [1.82, 2.24) is 5.32 Å². The summed E-state index contributed by atoms with van der Waals surface area (Å²) < 4.78 is 13.5. The fraction of sp³-hybridized carbons (Fsp3) is 0.625. The fourth-order valence-electron chi connectivity index (χ4n) is 2.29. The van der Waals surface area contributed by atoms with Crippen molar-refractivity contribution in [3.63, 3.8) is 0 Å². The zero-order valence-electron chi connectivity index (χ0n) is 12.0. The summed E-state index contributed by atoms with van der Waals surface area (Å²) in [7, 11) is 0. The van der Waals surface area contributed by atoms with E-state index in [-0.39, 0.29) is 5.82 Å². The molecule has 0 saturated heterocycles. The van der Waals surface area contributed by atoms with E-state index in [1.54, 1.807) is 0 Å². The number of benzene rings is 1. The zero-order chi connectivity index (χ0) is 13.4. The predicted molar refractivity (Wildman–Crippen MR) is 76.6 cm³/mol. The highest BCUT2D eigenvalue weighted by molar-refractivity contribution is 5.30. The number of nitrogens with one attached hydrogen (secondary N) is 1. The first-order valence-electron chi connectivity index (χ1n) is 7.11. The molecule has 0 amide bonds. The number of rotatable bonds is 8. The molecule has 0 aliphatic heterocycles. The quantitative estimate of drug-likeness (QED) is 0.684. The Labute approximate surface area is 111 Å². The highest BCUT2D eigenvalue weighted by atomic mass is 19.1. The lowest BCUT2D eigenvalue weighted by atomic mass is 10.0. The van der Waals surface area contributed by atoms with E-state index in [0.29, 0.717) is 0 Å².